The van der Waals surface area contributed by atoms with Crippen molar-refractivity contribution in [1.82, 2.24) is 29.2 Å². The first-order chi connectivity index (χ1) is 18.7. The Bertz CT molecular complexity index is 1740. The SMILES string of the molecule is C=CCn1c(=O)c2cnc(Nc3cc(C)c4c(c3)CN(C)CC4)nc2n1-c1cccc(N=S(=O)(CC)CC)n1. The van der Waals surface area contributed by atoms with Crippen LogP contribution in [0, 0.1) is 6.92 Å². The molecule has 5 rings (SSSR count). The van der Waals surface area contributed by atoms with Crippen molar-refractivity contribution < 1.29 is 4.21 Å². The highest BCUT2D eigenvalue weighted by molar-refractivity contribution is 7.93. The number of aryl methyl sites for hydroxylation is 1. The Kier molecular flexibility index (Phi) is 7.37. The van der Waals surface area contributed by atoms with Gasteiger partial charge in [0.1, 0.15) is 5.39 Å². The second-order valence-corrected chi connectivity index (χ2v) is 12.6. The zero-order valence-electron chi connectivity index (χ0n) is 22.8. The number of allylic oxidation sites excluding steroid dienone is 1. The van der Waals surface area contributed by atoms with E-state index in [1.807, 2.05) is 13.8 Å². The van der Waals surface area contributed by atoms with E-state index in [9.17, 15) is 9.00 Å². The average molecular weight is 547 g/mol. The van der Waals surface area contributed by atoms with E-state index in [1.165, 1.54) is 27.6 Å². The first-order valence-corrected chi connectivity index (χ1v) is 15.0. The Morgan fingerprint density at radius 1 is 1.21 bits per heavy atom. The molecule has 3 aromatic heterocycles. The van der Waals surface area contributed by atoms with Crippen LogP contribution in [0.3, 0.4) is 0 Å². The summed E-state index contributed by atoms with van der Waals surface area (Å²) >= 11 is 0. The fourth-order valence-electron chi connectivity index (χ4n) is 4.96. The number of nitrogens with one attached hydrogen (secondary N) is 1. The van der Waals surface area contributed by atoms with Gasteiger partial charge in [-0.1, -0.05) is 26.0 Å². The van der Waals surface area contributed by atoms with Crippen molar-refractivity contribution in [3.05, 3.63) is 76.2 Å². The maximum atomic E-state index is 13.3. The standard InChI is InChI=1S/C28H34N8O2S/c1-6-13-35-27(37)23-17-29-28(30-21-15-19(4)22-12-14-34(5)18-20(22)16-21)32-26(23)36(35)25-11-9-10-24(31-25)33-39(38,7-2)8-3/h6,9-11,15-17H,1,7-8,12-14,18H2,2-5H3,(H,29,30,32). The van der Waals surface area contributed by atoms with Gasteiger partial charge in [-0.25, -0.2) is 23.5 Å². The Morgan fingerprint density at radius 3 is 2.74 bits per heavy atom. The zero-order chi connectivity index (χ0) is 27.7. The molecule has 1 aliphatic rings. The molecule has 0 unspecified atom stereocenters. The lowest BCUT2D eigenvalue weighted by Gasteiger charge is -2.27. The Labute approximate surface area is 228 Å². The van der Waals surface area contributed by atoms with Gasteiger partial charge in [0, 0.05) is 36.5 Å². The number of likely N-dealkylation sites (N-methyl/N-ethyl adjacent to an activating group) is 1. The number of pyridine rings is 1. The monoisotopic (exact) mass is 546 g/mol. The quantitative estimate of drug-likeness (QED) is 0.327. The highest BCUT2D eigenvalue weighted by Gasteiger charge is 2.20. The van der Waals surface area contributed by atoms with Crippen LogP contribution in [0.15, 0.2) is 58.3 Å². The van der Waals surface area contributed by atoms with Crippen LogP contribution >= 0.6 is 0 Å². The molecule has 0 saturated carbocycles. The molecule has 39 heavy (non-hydrogen) atoms. The molecule has 0 fully saturated rings. The van der Waals surface area contributed by atoms with Gasteiger partial charge < -0.3 is 10.2 Å². The molecule has 10 nitrogen and oxygen atoms in total. The van der Waals surface area contributed by atoms with E-state index < -0.39 is 9.73 Å². The molecule has 0 spiro atoms. The molecule has 1 aliphatic heterocycles. The maximum absolute atomic E-state index is 13.3. The van der Waals surface area contributed by atoms with E-state index in [1.54, 1.807) is 29.0 Å². The van der Waals surface area contributed by atoms with E-state index in [4.69, 9.17) is 4.98 Å². The number of rotatable bonds is 8. The van der Waals surface area contributed by atoms with Crippen LogP contribution < -0.4 is 10.9 Å². The van der Waals surface area contributed by atoms with Crippen LogP contribution in [0.2, 0.25) is 0 Å². The van der Waals surface area contributed by atoms with Gasteiger partial charge in [0.15, 0.2) is 17.3 Å². The smallest absolute Gasteiger partial charge is 0.278 e. The van der Waals surface area contributed by atoms with E-state index >= 15 is 0 Å². The zero-order valence-corrected chi connectivity index (χ0v) is 23.7. The first kappa shape index (κ1) is 26.8. The molecule has 0 atom stereocenters. The molecule has 0 amide bonds. The number of hydrogen-bond donors (Lipinski definition) is 1. The Balaban J connectivity index is 1.61. The molecule has 0 aliphatic carbocycles. The van der Waals surface area contributed by atoms with Gasteiger partial charge in [0.25, 0.3) is 5.56 Å². The normalized spacial score (nSPS) is 13.8. The molecular formula is C28H34N8O2S. The third-order valence-electron chi connectivity index (χ3n) is 7.08. The molecule has 1 aromatic carbocycles. The van der Waals surface area contributed by atoms with Crippen molar-refractivity contribution >= 4 is 38.2 Å². The predicted octanol–water partition coefficient (Wildman–Crippen LogP) is 4.34. The third kappa shape index (κ3) is 5.24. The van der Waals surface area contributed by atoms with Crippen LogP contribution in [0.5, 0.6) is 0 Å². The van der Waals surface area contributed by atoms with Crippen molar-refractivity contribution in [2.45, 2.75) is 40.3 Å². The molecular weight excluding hydrogens is 512 g/mol. The third-order valence-corrected chi connectivity index (χ3v) is 9.41. The molecule has 0 bridgehead atoms. The molecule has 204 valence electrons. The number of anilines is 2. The van der Waals surface area contributed by atoms with Crippen LogP contribution in [0.25, 0.3) is 16.9 Å². The summed E-state index contributed by atoms with van der Waals surface area (Å²) in [6.07, 6.45) is 4.22. The average Bonchev–Trinajstić information content (AvgIpc) is 3.19. The van der Waals surface area contributed by atoms with E-state index in [2.05, 4.69) is 57.2 Å². The van der Waals surface area contributed by atoms with Gasteiger partial charge in [-0.15, -0.1) is 6.58 Å². The van der Waals surface area contributed by atoms with Crippen molar-refractivity contribution in [2.75, 3.05) is 30.4 Å². The summed E-state index contributed by atoms with van der Waals surface area (Å²) in [4.78, 5) is 29.5. The first-order valence-electron chi connectivity index (χ1n) is 13.1. The number of fused-ring (bicyclic) bond motifs is 2. The van der Waals surface area contributed by atoms with Crippen molar-refractivity contribution in [3.8, 4) is 5.82 Å². The fourth-order valence-corrected chi connectivity index (χ4v) is 6.06. The molecule has 0 saturated heterocycles. The van der Waals surface area contributed by atoms with E-state index in [0.29, 0.717) is 40.1 Å². The van der Waals surface area contributed by atoms with Crippen molar-refractivity contribution in [2.24, 2.45) is 4.36 Å². The largest absolute Gasteiger partial charge is 0.324 e. The van der Waals surface area contributed by atoms with Crippen molar-refractivity contribution in [3.63, 3.8) is 0 Å². The highest BCUT2D eigenvalue weighted by Crippen LogP contribution is 2.27. The lowest BCUT2D eigenvalue weighted by atomic mass is 9.94. The highest BCUT2D eigenvalue weighted by atomic mass is 32.2. The predicted molar refractivity (Wildman–Crippen MR) is 157 cm³/mol. The van der Waals surface area contributed by atoms with E-state index in [0.717, 1.165) is 25.2 Å². The van der Waals surface area contributed by atoms with Crippen LogP contribution in [0.4, 0.5) is 17.5 Å². The number of aromatic nitrogens is 5. The maximum Gasteiger partial charge on any atom is 0.278 e. The van der Waals surface area contributed by atoms with Crippen LogP contribution in [-0.4, -0.2) is 58.5 Å². The minimum Gasteiger partial charge on any atom is -0.324 e. The number of hydrogen-bond acceptors (Lipinski definition) is 8. The second kappa shape index (κ2) is 10.7. The molecule has 11 heteroatoms. The van der Waals surface area contributed by atoms with Gasteiger partial charge in [-0.3, -0.25) is 4.79 Å². The molecule has 1 N–H and O–H groups in total. The minimum atomic E-state index is -2.40. The van der Waals surface area contributed by atoms with Gasteiger partial charge in [0.05, 0.1) is 16.3 Å². The summed E-state index contributed by atoms with van der Waals surface area (Å²) in [5.74, 6) is 2.03. The summed E-state index contributed by atoms with van der Waals surface area (Å²) in [7, 11) is -0.273. The van der Waals surface area contributed by atoms with Gasteiger partial charge >= 0.3 is 0 Å². The second-order valence-electron chi connectivity index (χ2n) is 9.76. The van der Waals surface area contributed by atoms with Gasteiger partial charge in [-0.05, 0) is 61.3 Å². The summed E-state index contributed by atoms with van der Waals surface area (Å²) < 4.78 is 20.6. The number of benzene rings is 1. The lowest BCUT2D eigenvalue weighted by Crippen LogP contribution is -2.27. The fraction of sp³-hybridized carbons (Fsp3) is 0.357. The van der Waals surface area contributed by atoms with E-state index in [-0.39, 0.29) is 12.1 Å². The van der Waals surface area contributed by atoms with Gasteiger partial charge in [-0.2, -0.15) is 9.35 Å². The van der Waals surface area contributed by atoms with Crippen LogP contribution in [0.1, 0.15) is 30.5 Å². The minimum absolute atomic E-state index is 0.249. The van der Waals surface area contributed by atoms with Gasteiger partial charge in [0.2, 0.25) is 5.95 Å². The lowest BCUT2D eigenvalue weighted by molar-refractivity contribution is 0.312. The van der Waals surface area contributed by atoms with Crippen LogP contribution in [-0.2, 0) is 29.2 Å². The summed E-state index contributed by atoms with van der Waals surface area (Å²) in [6, 6.07) is 9.53. The Hall–Kier alpha value is -3.83. The molecule has 0 radical (unpaired) electrons. The summed E-state index contributed by atoms with van der Waals surface area (Å²) in [6.45, 7) is 11.8. The Morgan fingerprint density at radius 2 is 2.00 bits per heavy atom. The number of nitrogens with zero attached hydrogens (tertiary/aromatic N) is 7. The van der Waals surface area contributed by atoms with Crippen molar-refractivity contribution in [1.29, 1.82) is 0 Å². The topological polar surface area (TPSA) is 110 Å². The molecule has 4 heterocycles. The summed E-state index contributed by atoms with van der Waals surface area (Å²) in [5, 5.41) is 3.70. The summed E-state index contributed by atoms with van der Waals surface area (Å²) in [5.41, 5.74) is 4.98. The molecule has 4 aromatic rings.